The molecule has 174 valence electrons. The summed E-state index contributed by atoms with van der Waals surface area (Å²) in [6.45, 7) is 13.5. The van der Waals surface area contributed by atoms with E-state index >= 15 is 0 Å². The Bertz CT molecular complexity index is 961. The first-order chi connectivity index (χ1) is 14.8. The van der Waals surface area contributed by atoms with Crippen molar-refractivity contribution in [2.45, 2.75) is 71.7 Å². The number of hydrogen-bond donors (Lipinski definition) is 0. The number of esters is 2. The minimum atomic E-state index is -0.972. The van der Waals surface area contributed by atoms with Crippen LogP contribution in [0.3, 0.4) is 0 Å². The van der Waals surface area contributed by atoms with Gasteiger partial charge in [-0.15, -0.1) is 0 Å². The number of ketones is 2. The number of rotatable bonds is 4. The molecule has 7 atom stereocenters. The highest BCUT2D eigenvalue weighted by Crippen LogP contribution is 2.70. The summed E-state index contributed by atoms with van der Waals surface area (Å²) in [5.41, 5.74) is -2.31. The molecule has 2 heterocycles. The van der Waals surface area contributed by atoms with E-state index in [4.69, 9.17) is 14.2 Å². The SMILES string of the molecule is C=C1[C@@H]([C@@]2(C)C=CC(=O)C(C)(C)[C@H]2CC(=O)OC)CC[C@@]2(C)[C@H](C(C)=O)OC(=O)[C@H]3O[C@]132. The lowest BCUT2D eigenvalue weighted by Gasteiger charge is -2.56. The van der Waals surface area contributed by atoms with Gasteiger partial charge in [-0.05, 0) is 48.7 Å². The van der Waals surface area contributed by atoms with E-state index in [2.05, 4.69) is 6.58 Å². The lowest BCUT2D eigenvalue weighted by atomic mass is 9.47. The summed E-state index contributed by atoms with van der Waals surface area (Å²) < 4.78 is 16.5. The number of carbonyl (C=O) groups excluding carboxylic acids is 4. The fourth-order valence-corrected chi connectivity index (χ4v) is 6.95. The number of methoxy groups -OCH3 is 1. The zero-order chi connectivity index (χ0) is 23.9. The summed E-state index contributed by atoms with van der Waals surface area (Å²) in [6.07, 6.45) is 3.18. The minimum Gasteiger partial charge on any atom is -0.469 e. The van der Waals surface area contributed by atoms with Crippen molar-refractivity contribution >= 4 is 23.5 Å². The molecule has 3 fully saturated rings. The molecule has 1 saturated carbocycles. The Labute approximate surface area is 188 Å². The Morgan fingerprint density at radius 3 is 2.47 bits per heavy atom. The first-order valence-corrected chi connectivity index (χ1v) is 11.2. The van der Waals surface area contributed by atoms with Crippen LogP contribution < -0.4 is 0 Å². The van der Waals surface area contributed by atoms with Crippen LogP contribution in [0.25, 0.3) is 0 Å². The second-order valence-electron chi connectivity index (χ2n) is 10.8. The highest BCUT2D eigenvalue weighted by molar-refractivity contribution is 5.96. The van der Waals surface area contributed by atoms with E-state index in [1.165, 1.54) is 14.0 Å². The van der Waals surface area contributed by atoms with Crippen molar-refractivity contribution in [3.05, 3.63) is 24.3 Å². The van der Waals surface area contributed by atoms with Gasteiger partial charge >= 0.3 is 11.9 Å². The first kappa shape index (κ1) is 22.9. The van der Waals surface area contributed by atoms with Gasteiger partial charge in [0.05, 0.1) is 13.5 Å². The van der Waals surface area contributed by atoms with E-state index in [-0.39, 0.29) is 35.8 Å². The molecule has 0 amide bonds. The van der Waals surface area contributed by atoms with E-state index in [0.29, 0.717) is 12.8 Å². The summed E-state index contributed by atoms with van der Waals surface area (Å²) in [7, 11) is 1.34. The lowest BCUT2D eigenvalue weighted by molar-refractivity contribution is -0.173. The predicted octanol–water partition coefficient (Wildman–Crippen LogP) is 2.96. The van der Waals surface area contributed by atoms with Crippen molar-refractivity contribution in [1.29, 1.82) is 0 Å². The Morgan fingerprint density at radius 1 is 1.22 bits per heavy atom. The Balaban J connectivity index is 1.78. The number of cyclic esters (lactones) is 1. The molecule has 2 aliphatic heterocycles. The van der Waals surface area contributed by atoms with Gasteiger partial charge in [0.15, 0.2) is 23.8 Å². The molecular weight excluding hydrogens is 412 g/mol. The van der Waals surface area contributed by atoms with Crippen LogP contribution in [0.4, 0.5) is 0 Å². The third-order valence-electron chi connectivity index (χ3n) is 8.91. The van der Waals surface area contributed by atoms with Crippen molar-refractivity contribution in [2.24, 2.45) is 28.1 Å². The van der Waals surface area contributed by atoms with Crippen LogP contribution in [-0.2, 0) is 33.4 Å². The van der Waals surface area contributed by atoms with Crippen LogP contribution in [-0.4, -0.2) is 48.4 Å². The molecule has 0 unspecified atom stereocenters. The van der Waals surface area contributed by atoms with Crippen LogP contribution in [0.15, 0.2) is 24.3 Å². The summed E-state index contributed by atoms with van der Waals surface area (Å²) in [5, 5.41) is 0. The number of Topliss-reactive ketones (excluding diaryl/α,β-unsaturated/α-hetero) is 1. The molecule has 0 aromatic heterocycles. The molecule has 0 N–H and O–H groups in total. The quantitative estimate of drug-likeness (QED) is 0.373. The predicted molar refractivity (Wildman–Crippen MR) is 114 cm³/mol. The second-order valence-corrected chi connectivity index (χ2v) is 10.8. The van der Waals surface area contributed by atoms with Gasteiger partial charge in [0.2, 0.25) is 0 Å². The molecule has 0 radical (unpaired) electrons. The Morgan fingerprint density at radius 2 is 1.88 bits per heavy atom. The third kappa shape index (κ3) is 2.69. The van der Waals surface area contributed by atoms with Crippen LogP contribution in [0, 0.1) is 28.1 Å². The molecule has 32 heavy (non-hydrogen) atoms. The molecule has 0 aromatic carbocycles. The van der Waals surface area contributed by atoms with Crippen molar-refractivity contribution in [1.82, 2.24) is 0 Å². The van der Waals surface area contributed by atoms with Crippen LogP contribution in [0.5, 0.6) is 0 Å². The summed E-state index contributed by atoms with van der Waals surface area (Å²) in [6, 6.07) is 0. The monoisotopic (exact) mass is 444 g/mol. The van der Waals surface area contributed by atoms with Crippen molar-refractivity contribution in [3.63, 3.8) is 0 Å². The molecule has 4 rings (SSSR count). The largest absolute Gasteiger partial charge is 0.469 e. The molecular formula is C25H32O7. The highest BCUT2D eigenvalue weighted by atomic mass is 16.7. The van der Waals surface area contributed by atoms with Crippen LogP contribution in [0.2, 0.25) is 0 Å². The summed E-state index contributed by atoms with van der Waals surface area (Å²) in [5.74, 6) is -1.64. The normalized spacial score (nSPS) is 44.2. The average Bonchev–Trinajstić information content (AvgIpc) is 3.48. The number of epoxide rings is 1. The molecule has 1 spiro atoms. The standard InChI is InChI=1S/C25H32O7/c1-13-15(23(5)10-9-17(27)22(3,4)16(23)12-18(28)30-7)8-11-24(6)19(14(2)26)31-21(29)20-25(13,24)32-20/h9-10,15-16,19-20H,1,8,11-12H2,2-7H3/t15-,16+,19-,20+,23+,24-,25+/m0/s1. The van der Waals surface area contributed by atoms with Gasteiger partial charge in [0.1, 0.15) is 5.60 Å². The maximum atomic E-state index is 12.8. The maximum Gasteiger partial charge on any atom is 0.339 e. The fourth-order valence-electron chi connectivity index (χ4n) is 6.95. The molecule has 7 heteroatoms. The number of allylic oxidation sites excluding steroid dienone is 2. The third-order valence-corrected chi connectivity index (χ3v) is 8.91. The topological polar surface area (TPSA) is 99.3 Å². The zero-order valence-corrected chi connectivity index (χ0v) is 19.7. The molecule has 0 bridgehead atoms. The van der Waals surface area contributed by atoms with Crippen LogP contribution in [0.1, 0.15) is 53.9 Å². The zero-order valence-electron chi connectivity index (χ0n) is 19.7. The lowest BCUT2D eigenvalue weighted by Crippen LogP contribution is -2.62. The van der Waals surface area contributed by atoms with Crippen LogP contribution >= 0.6 is 0 Å². The smallest absolute Gasteiger partial charge is 0.339 e. The summed E-state index contributed by atoms with van der Waals surface area (Å²) in [4.78, 5) is 50.1. The van der Waals surface area contributed by atoms with Gasteiger partial charge in [-0.25, -0.2) is 4.79 Å². The van der Waals surface area contributed by atoms with E-state index in [1.54, 1.807) is 6.08 Å². The van der Waals surface area contributed by atoms with E-state index in [9.17, 15) is 19.2 Å². The first-order valence-electron chi connectivity index (χ1n) is 11.2. The van der Waals surface area contributed by atoms with Crippen molar-refractivity contribution in [2.75, 3.05) is 7.11 Å². The van der Waals surface area contributed by atoms with Gasteiger partial charge in [-0.2, -0.15) is 0 Å². The van der Waals surface area contributed by atoms with E-state index in [0.717, 1.165) is 5.57 Å². The average molecular weight is 445 g/mol. The molecule has 4 aliphatic rings. The molecule has 0 aromatic rings. The highest BCUT2D eigenvalue weighted by Gasteiger charge is 2.80. The second kappa shape index (κ2) is 6.86. The Hall–Kier alpha value is -2.28. The number of hydrogen-bond acceptors (Lipinski definition) is 7. The Kier molecular flexibility index (Phi) is 4.91. The van der Waals surface area contributed by atoms with Gasteiger partial charge in [0.25, 0.3) is 0 Å². The molecule has 2 aliphatic carbocycles. The van der Waals surface area contributed by atoms with E-state index < -0.39 is 40.0 Å². The van der Waals surface area contributed by atoms with Gasteiger partial charge in [-0.1, -0.05) is 40.3 Å². The number of ether oxygens (including phenoxy) is 3. The molecule has 7 nitrogen and oxygen atoms in total. The van der Waals surface area contributed by atoms with Crippen molar-refractivity contribution < 1.29 is 33.4 Å². The van der Waals surface area contributed by atoms with Gasteiger partial charge in [-0.3, -0.25) is 14.4 Å². The number of carbonyl (C=O) groups is 4. The minimum absolute atomic E-state index is 0.0354. The van der Waals surface area contributed by atoms with Gasteiger partial charge in [0, 0.05) is 10.8 Å². The van der Waals surface area contributed by atoms with E-state index in [1.807, 2.05) is 33.8 Å². The summed E-state index contributed by atoms with van der Waals surface area (Å²) >= 11 is 0. The fraction of sp³-hybridized carbons (Fsp3) is 0.680. The van der Waals surface area contributed by atoms with Gasteiger partial charge < -0.3 is 14.2 Å². The molecule has 2 saturated heterocycles. The maximum absolute atomic E-state index is 12.8. The van der Waals surface area contributed by atoms with Crippen molar-refractivity contribution in [3.8, 4) is 0 Å².